The highest BCUT2D eigenvalue weighted by molar-refractivity contribution is 7.98. The van der Waals surface area contributed by atoms with Crippen LogP contribution in [-0.2, 0) is 0 Å². The molecule has 0 aliphatic heterocycles. The van der Waals surface area contributed by atoms with Crippen LogP contribution in [0.3, 0.4) is 0 Å². The molecule has 0 spiro atoms. The summed E-state index contributed by atoms with van der Waals surface area (Å²) in [6, 6.07) is 3.47. The number of anilines is 1. The van der Waals surface area contributed by atoms with Gasteiger partial charge in [-0.3, -0.25) is 4.79 Å². The van der Waals surface area contributed by atoms with Crippen molar-refractivity contribution in [2.45, 2.75) is 19.8 Å². The maximum atomic E-state index is 11.5. The number of aromatic nitrogens is 2. The highest BCUT2D eigenvalue weighted by Gasteiger charge is 2.05. The van der Waals surface area contributed by atoms with Gasteiger partial charge in [0.2, 0.25) is 0 Å². The summed E-state index contributed by atoms with van der Waals surface area (Å²) in [7, 11) is 0. The summed E-state index contributed by atoms with van der Waals surface area (Å²) in [6.45, 7) is 3.35. The summed E-state index contributed by atoms with van der Waals surface area (Å²) >= 11 is 1.86. The van der Waals surface area contributed by atoms with E-state index in [9.17, 15) is 4.79 Å². The number of carbonyl (C=O) groups is 1. The maximum absolute atomic E-state index is 11.5. The molecule has 100 valence electrons. The van der Waals surface area contributed by atoms with Crippen LogP contribution in [0.25, 0.3) is 0 Å². The zero-order valence-corrected chi connectivity index (χ0v) is 11.7. The largest absolute Gasteiger partial charge is 0.369 e. The number of unbranched alkanes of at least 4 members (excludes halogenated alkanes) is 1. The lowest BCUT2D eigenvalue weighted by atomic mass is 10.3. The molecule has 18 heavy (non-hydrogen) atoms. The number of rotatable bonds is 8. The molecule has 0 aliphatic rings. The second-order valence-electron chi connectivity index (χ2n) is 3.79. The SMILES string of the molecule is CCNC(=O)c1ccc(NCCCCSC)nn1. The third-order valence-corrected chi connectivity index (χ3v) is 3.01. The highest BCUT2D eigenvalue weighted by atomic mass is 32.2. The van der Waals surface area contributed by atoms with Gasteiger partial charge in [0, 0.05) is 13.1 Å². The Morgan fingerprint density at radius 3 is 2.78 bits per heavy atom. The van der Waals surface area contributed by atoms with Crippen LogP contribution in [0.15, 0.2) is 12.1 Å². The molecule has 1 aromatic rings. The number of carbonyl (C=O) groups excluding carboxylic acids is 1. The molecule has 0 unspecified atom stereocenters. The minimum atomic E-state index is -0.184. The van der Waals surface area contributed by atoms with E-state index in [-0.39, 0.29) is 5.91 Å². The normalized spacial score (nSPS) is 10.1. The van der Waals surface area contributed by atoms with Gasteiger partial charge in [0.05, 0.1) is 0 Å². The molecule has 0 aromatic carbocycles. The van der Waals surface area contributed by atoms with Crippen LogP contribution in [0.2, 0.25) is 0 Å². The predicted molar refractivity (Wildman–Crippen MR) is 76.1 cm³/mol. The van der Waals surface area contributed by atoms with Gasteiger partial charge in [-0.25, -0.2) is 0 Å². The van der Waals surface area contributed by atoms with E-state index in [4.69, 9.17) is 0 Å². The van der Waals surface area contributed by atoms with Crippen LogP contribution in [0, 0.1) is 0 Å². The Bertz CT molecular complexity index is 356. The fraction of sp³-hybridized carbons (Fsp3) is 0.583. The van der Waals surface area contributed by atoms with Gasteiger partial charge < -0.3 is 10.6 Å². The second kappa shape index (κ2) is 8.74. The topological polar surface area (TPSA) is 66.9 Å². The smallest absolute Gasteiger partial charge is 0.271 e. The van der Waals surface area contributed by atoms with Gasteiger partial charge >= 0.3 is 0 Å². The molecule has 0 aliphatic carbocycles. The third-order valence-electron chi connectivity index (χ3n) is 2.32. The standard InChI is InChI=1S/C12H20N4OS/c1-3-13-12(17)10-6-7-11(16-15-10)14-8-4-5-9-18-2/h6-7H,3-5,8-9H2,1-2H3,(H,13,17)(H,14,16). The van der Waals surface area contributed by atoms with E-state index in [0.29, 0.717) is 18.1 Å². The van der Waals surface area contributed by atoms with Crippen LogP contribution in [0.5, 0.6) is 0 Å². The molecule has 0 fully saturated rings. The average molecular weight is 268 g/mol. The van der Waals surface area contributed by atoms with Gasteiger partial charge in [-0.15, -0.1) is 10.2 Å². The van der Waals surface area contributed by atoms with Crippen molar-refractivity contribution >= 4 is 23.5 Å². The van der Waals surface area contributed by atoms with Crippen molar-refractivity contribution in [2.24, 2.45) is 0 Å². The predicted octanol–water partition coefficient (Wildman–Crippen LogP) is 1.78. The molecule has 0 bridgehead atoms. The molecular formula is C12H20N4OS. The van der Waals surface area contributed by atoms with E-state index < -0.39 is 0 Å². The van der Waals surface area contributed by atoms with Gasteiger partial charge in [-0.2, -0.15) is 11.8 Å². The maximum Gasteiger partial charge on any atom is 0.271 e. The lowest BCUT2D eigenvalue weighted by Crippen LogP contribution is -2.24. The quantitative estimate of drug-likeness (QED) is 0.704. The molecule has 2 N–H and O–H groups in total. The summed E-state index contributed by atoms with van der Waals surface area (Å²) in [4.78, 5) is 11.5. The highest BCUT2D eigenvalue weighted by Crippen LogP contribution is 2.04. The summed E-state index contributed by atoms with van der Waals surface area (Å²) in [6.07, 6.45) is 4.41. The van der Waals surface area contributed by atoms with Crippen molar-refractivity contribution in [2.75, 3.05) is 30.4 Å². The van der Waals surface area contributed by atoms with Gasteiger partial charge in [0.1, 0.15) is 5.82 Å². The molecule has 0 radical (unpaired) electrons. The van der Waals surface area contributed by atoms with Crippen molar-refractivity contribution in [1.82, 2.24) is 15.5 Å². The van der Waals surface area contributed by atoms with Gasteiger partial charge in [-0.05, 0) is 43.9 Å². The minimum absolute atomic E-state index is 0.184. The summed E-state index contributed by atoms with van der Waals surface area (Å²) < 4.78 is 0. The molecule has 1 amide bonds. The third kappa shape index (κ3) is 5.35. The summed E-state index contributed by atoms with van der Waals surface area (Å²) in [5.74, 6) is 1.72. The Hall–Kier alpha value is -1.30. The van der Waals surface area contributed by atoms with E-state index in [0.717, 1.165) is 13.0 Å². The lowest BCUT2D eigenvalue weighted by Gasteiger charge is -2.05. The van der Waals surface area contributed by atoms with Crippen molar-refractivity contribution in [1.29, 1.82) is 0 Å². The minimum Gasteiger partial charge on any atom is -0.369 e. The summed E-state index contributed by atoms with van der Waals surface area (Å²) in [5.41, 5.74) is 0.352. The molecule has 0 saturated carbocycles. The first kappa shape index (κ1) is 14.8. The van der Waals surface area contributed by atoms with Crippen molar-refractivity contribution in [3.05, 3.63) is 17.8 Å². The van der Waals surface area contributed by atoms with E-state index in [1.807, 2.05) is 18.7 Å². The van der Waals surface area contributed by atoms with E-state index in [2.05, 4.69) is 27.1 Å². The number of hydrogen-bond donors (Lipinski definition) is 2. The first-order valence-electron chi connectivity index (χ1n) is 6.12. The lowest BCUT2D eigenvalue weighted by molar-refractivity contribution is 0.0950. The fourth-order valence-corrected chi connectivity index (χ4v) is 1.88. The van der Waals surface area contributed by atoms with Gasteiger partial charge in [0.25, 0.3) is 5.91 Å². The first-order valence-corrected chi connectivity index (χ1v) is 7.52. The Morgan fingerprint density at radius 1 is 1.33 bits per heavy atom. The number of thioether (sulfide) groups is 1. The summed E-state index contributed by atoms with van der Waals surface area (Å²) in [5, 5.41) is 13.7. The Balaban J connectivity index is 2.33. The first-order chi connectivity index (χ1) is 8.77. The van der Waals surface area contributed by atoms with Gasteiger partial charge in [0.15, 0.2) is 5.69 Å². The molecule has 1 heterocycles. The van der Waals surface area contributed by atoms with Crippen LogP contribution < -0.4 is 10.6 Å². The van der Waals surface area contributed by atoms with Crippen molar-refractivity contribution in [3.63, 3.8) is 0 Å². The number of amides is 1. The monoisotopic (exact) mass is 268 g/mol. The van der Waals surface area contributed by atoms with Gasteiger partial charge in [-0.1, -0.05) is 0 Å². The number of hydrogen-bond acceptors (Lipinski definition) is 5. The van der Waals surface area contributed by atoms with E-state index in [1.54, 1.807) is 12.1 Å². The average Bonchev–Trinajstić information content (AvgIpc) is 2.39. The molecule has 6 heteroatoms. The Labute approximate surface area is 112 Å². The zero-order chi connectivity index (χ0) is 13.2. The van der Waals surface area contributed by atoms with Crippen LogP contribution in [0.4, 0.5) is 5.82 Å². The molecule has 1 rings (SSSR count). The second-order valence-corrected chi connectivity index (χ2v) is 4.78. The molecule has 1 aromatic heterocycles. The van der Waals surface area contributed by atoms with E-state index >= 15 is 0 Å². The molecule has 5 nitrogen and oxygen atoms in total. The van der Waals surface area contributed by atoms with Crippen molar-refractivity contribution in [3.8, 4) is 0 Å². The fourth-order valence-electron chi connectivity index (χ4n) is 1.39. The van der Waals surface area contributed by atoms with Crippen LogP contribution in [0.1, 0.15) is 30.3 Å². The Morgan fingerprint density at radius 2 is 2.17 bits per heavy atom. The molecule has 0 atom stereocenters. The van der Waals surface area contributed by atoms with E-state index in [1.165, 1.54) is 12.2 Å². The van der Waals surface area contributed by atoms with Crippen molar-refractivity contribution < 1.29 is 4.79 Å². The number of nitrogens with one attached hydrogen (secondary N) is 2. The van der Waals surface area contributed by atoms with Crippen LogP contribution in [-0.4, -0.2) is 41.2 Å². The van der Waals surface area contributed by atoms with Crippen LogP contribution >= 0.6 is 11.8 Å². The number of nitrogens with zero attached hydrogens (tertiary/aromatic N) is 2. The zero-order valence-electron chi connectivity index (χ0n) is 10.9. The Kier molecular flexibility index (Phi) is 7.17. The molecule has 0 saturated heterocycles. The molecular weight excluding hydrogens is 248 g/mol.